The van der Waals surface area contributed by atoms with E-state index in [0.29, 0.717) is 17.4 Å². The number of rotatable bonds is 3. The third-order valence-corrected chi connectivity index (χ3v) is 3.38. The molecule has 0 spiro atoms. The molecule has 98 valence electrons. The summed E-state index contributed by atoms with van der Waals surface area (Å²) in [5, 5.41) is 9.13. The van der Waals surface area contributed by atoms with E-state index in [0.717, 1.165) is 19.3 Å². The molecule has 2 unspecified atom stereocenters. The van der Waals surface area contributed by atoms with E-state index >= 15 is 0 Å². The number of hydrogen-bond acceptors (Lipinski definition) is 3. The molecule has 2 atom stereocenters. The summed E-state index contributed by atoms with van der Waals surface area (Å²) in [6.07, 6.45) is 4.49. The first-order chi connectivity index (χ1) is 8.56. The van der Waals surface area contributed by atoms with Gasteiger partial charge < -0.3 is 9.84 Å². The lowest BCUT2D eigenvalue weighted by Crippen LogP contribution is -2.25. The molecule has 2 rings (SSSR count). The second-order valence-corrected chi connectivity index (χ2v) is 5.12. The summed E-state index contributed by atoms with van der Waals surface area (Å²) in [7, 11) is 0. The lowest BCUT2D eigenvalue weighted by Gasteiger charge is -2.27. The molecule has 1 N–H and O–H groups in total. The smallest absolute Gasteiger partial charge is 0.358 e. The Kier molecular flexibility index (Phi) is 3.84. The van der Waals surface area contributed by atoms with Crippen molar-refractivity contribution in [3.05, 3.63) is 23.5 Å². The fourth-order valence-electron chi connectivity index (χ4n) is 2.46. The van der Waals surface area contributed by atoms with E-state index in [-0.39, 0.29) is 11.8 Å². The highest BCUT2D eigenvalue weighted by Crippen LogP contribution is 2.28. The predicted molar refractivity (Wildman–Crippen MR) is 68.0 cm³/mol. The van der Waals surface area contributed by atoms with Crippen LogP contribution in [0.5, 0.6) is 5.75 Å². The second-order valence-electron chi connectivity index (χ2n) is 5.12. The maximum absolute atomic E-state index is 11.1. The summed E-state index contributed by atoms with van der Waals surface area (Å²) in [6, 6.07) is 3.50. The third-order valence-electron chi connectivity index (χ3n) is 3.38. The van der Waals surface area contributed by atoms with Crippen molar-refractivity contribution in [2.45, 2.75) is 45.6 Å². The summed E-state index contributed by atoms with van der Waals surface area (Å²) in [5.41, 5.74) is 0.713. The van der Waals surface area contributed by atoms with Crippen molar-refractivity contribution in [1.82, 2.24) is 4.98 Å². The van der Waals surface area contributed by atoms with Crippen LogP contribution in [0.2, 0.25) is 0 Å². The van der Waals surface area contributed by atoms with Crippen LogP contribution in [0.1, 0.15) is 48.8 Å². The van der Waals surface area contributed by atoms with Gasteiger partial charge in [0.15, 0.2) is 11.4 Å². The standard InChI is InChI=1S/C14H19NO3/c1-9-4-3-5-11(8-9)18-12-7-6-10(2)15-13(12)14(16)17/h6-7,9,11H,3-5,8H2,1-2H3,(H,16,17). The van der Waals surface area contributed by atoms with Crippen molar-refractivity contribution in [3.63, 3.8) is 0 Å². The topological polar surface area (TPSA) is 59.4 Å². The summed E-state index contributed by atoms with van der Waals surface area (Å²) >= 11 is 0. The van der Waals surface area contributed by atoms with E-state index in [9.17, 15) is 4.79 Å². The van der Waals surface area contributed by atoms with E-state index in [1.165, 1.54) is 6.42 Å². The Morgan fingerprint density at radius 3 is 2.89 bits per heavy atom. The Hall–Kier alpha value is -1.58. The van der Waals surface area contributed by atoms with E-state index < -0.39 is 5.97 Å². The van der Waals surface area contributed by atoms with Gasteiger partial charge in [-0.2, -0.15) is 0 Å². The Morgan fingerprint density at radius 1 is 1.44 bits per heavy atom. The van der Waals surface area contributed by atoms with Gasteiger partial charge in [0, 0.05) is 5.69 Å². The van der Waals surface area contributed by atoms with Crippen molar-refractivity contribution in [3.8, 4) is 5.75 Å². The largest absolute Gasteiger partial charge is 0.488 e. The summed E-state index contributed by atoms with van der Waals surface area (Å²) in [4.78, 5) is 15.2. The van der Waals surface area contributed by atoms with Gasteiger partial charge in [-0.1, -0.05) is 13.3 Å². The number of aryl methyl sites for hydroxylation is 1. The normalized spacial score (nSPS) is 23.7. The maximum atomic E-state index is 11.1. The monoisotopic (exact) mass is 249 g/mol. The molecule has 1 aliphatic carbocycles. The van der Waals surface area contributed by atoms with Crippen LogP contribution in [0, 0.1) is 12.8 Å². The van der Waals surface area contributed by atoms with Crippen molar-refractivity contribution in [2.75, 3.05) is 0 Å². The number of pyridine rings is 1. The first kappa shape index (κ1) is 12.9. The zero-order valence-corrected chi connectivity index (χ0v) is 10.8. The predicted octanol–water partition coefficient (Wildman–Crippen LogP) is 3.05. The number of hydrogen-bond donors (Lipinski definition) is 1. The van der Waals surface area contributed by atoms with Crippen molar-refractivity contribution < 1.29 is 14.6 Å². The SMILES string of the molecule is Cc1ccc(OC2CCCC(C)C2)c(C(=O)O)n1. The molecule has 1 aliphatic rings. The number of carbonyl (C=O) groups is 1. The van der Waals surface area contributed by atoms with Crippen LogP contribution in [-0.4, -0.2) is 22.2 Å². The molecule has 18 heavy (non-hydrogen) atoms. The second kappa shape index (κ2) is 5.38. The van der Waals surface area contributed by atoms with E-state index in [2.05, 4.69) is 11.9 Å². The Balaban J connectivity index is 2.15. The van der Waals surface area contributed by atoms with Crippen molar-refractivity contribution >= 4 is 5.97 Å². The average molecular weight is 249 g/mol. The lowest BCUT2D eigenvalue weighted by molar-refractivity contribution is 0.0675. The average Bonchev–Trinajstić information content (AvgIpc) is 2.31. The first-order valence-corrected chi connectivity index (χ1v) is 6.44. The van der Waals surface area contributed by atoms with Crippen molar-refractivity contribution in [1.29, 1.82) is 0 Å². The highest BCUT2D eigenvalue weighted by atomic mass is 16.5. The molecule has 0 bridgehead atoms. The van der Waals surface area contributed by atoms with Crippen LogP contribution >= 0.6 is 0 Å². The third kappa shape index (κ3) is 3.00. The number of aromatic carboxylic acids is 1. The fourth-order valence-corrected chi connectivity index (χ4v) is 2.46. The molecule has 0 aromatic carbocycles. The van der Waals surface area contributed by atoms with Crippen LogP contribution in [0.4, 0.5) is 0 Å². The maximum Gasteiger partial charge on any atom is 0.358 e. The molecule has 0 saturated heterocycles. The van der Waals surface area contributed by atoms with Crippen LogP contribution in [0.3, 0.4) is 0 Å². The zero-order chi connectivity index (χ0) is 13.1. The number of aromatic nitrogens is 1. The number of carboxylic acids is 1. The molecule has 1 fully saturated rings. The van der Waals surface area contributed by atoms with E-state index in [1.54, 1.807) is 19.1 Å². The van der Waals surface area contributed by atoms with Gasteiger partial charge >= 0.3 is 5.97 Å². The number of nitrogens with zero attached hydrogens (tertiary/aromatic N) is 1. The van der Waals surface area contributed by atoms with Gasteiger partial charge in [0.25, 0.3) is 0 Å². The number of carboxylic acid groups (broad SMARTS) is 1. The van der Waals surface area contributed by atoms with Gasteiger partial charge in [-0.25, -0.2) is 9.78 Å². The van der Waals surface area contributed by atoms with Crippen LogP contribution in [0.25, 0.3) is 0 Å². The van der Waals surface area contributed by atoms with Gasteiger partial charge in [-0.05, 0) is 44.2 Å². The van der Waals surface area contributed by atoms with E-state index in [1.807, 2.05) is 0 Å². The number of ether oxygens (including phenoxy) is 1. The molecule has 0 radical (unpaired) electrons. The lowest BCUT2D eigenvalue weighted by atomic mass is 9.89. The van der Waals surface area contributed by atoms with E-state index in [4.69, 9.17) is 9.84 Å². The molecule has 4 heteroatoms. The Labute approximate surface area is 107 Å². The Bertz CT molecular complexity index is 445. The van der Waals surface area contributed by atoms with Gasteiger partial charge in [0.1, 0.15) is 0 Å². The molecule has 1 heterocycles. The highest BCUT2D eigenvalue weighted by molar-refractivity contribution is 5.88. The minimum Gasteiger partial charge on any atom is -0.488 e. The van der Waals surface area contributed by atoms with Crippen LogP contribution in [-0.2, 0) is 0 Å². The quantitative estimate of drug-likeness (QED) is 0.894. The molecule has 1 aromatic heterocycles. The minimum atomic E-state index is -1.03. The van der Waals surface area contributed by atoms with Gasteiger partial charge in [-0.15, -0.1) is 0 Å². The molecule has 4 nitrogen and oxygen atoms in total. The van der Waals surface area contributed by atoms with Crippen LogP contribution in [0.15, 0.2) is 12.1 Å². The van der Waals surface area contributed by atoms with Gasteiger partial charge in [0.05, 0.1) is 6.10 Å². The molecule has 0 amide bonds. The summed E-state index contributed by atoms with van der Waals surface area (Å²) < 4.78 is 5.83. The summed E-state index contributed by atoms with van der Waals surface area (Å²) in [6.45, 7) is 3.99. The summed E-state index contributed by atoms with van der Waals surface area (Å²) in [5.74, 6) is 0.0141. The van der Waals surface area contributed by atoms with Gasteiger partial charge in [-0.3, -0.25) is 0 Å². The minimum absolute atomic E-state index is 0.0215. The Morgan fingerprint density at radius 2 is 2.22 bits per heavy atom. The fraction of sp³-hybridized carbons (Fsp3) is 0.571. The zero-order valence-electron chi connectivity index (χ0n) is 10.8. The molecule has 1 aromatic rings. The highest BCUT2D eigenvalue weighted by Gasteiger charge is 2.23. The van der Waals surface area contributed by atoms with Crippen molar-refractivity contribution in [2.24, 2.45) is 5.92 Å². The molecule has 0 aliphatic heterocycles. The molecule has 1 saturated carbocycles. The molecular weight excluding hydrogens is 230 g/mol. The van der Waals surface area contributed by atoms with Gasteiger partial charge in [0.2, 0.25) is 0 Å². The first-order valence-electron chi connectivity index (χ1n) is 6.44. The molecular formula is C14H19NO3. The van der Waals surface area contributed by atoms with Crippen LogP contribution < -0.4 is 4.74 Å².